The van der Waals surface area contributed by atoms with Crippen LogP contribution in [0.25, 0.3) is 0 Å². The maximum absolute atomic E-state index is 5.33. The van der Waals surface area contributed by atoms with Gasteiger partial charge in [0.15, 0.2) is 0 Å². The monoisotopic (exact) mass is 250 g/mol. The lowest BCUT2D eigenvalue weighted by molar-refractivity contribution is 0.136. The molecule has 0 saturated carbocycles. The molecule has 0 rings (SSSR count). The Morgan fingerprint density at radius 1 is 1.23 bits per heavy atom. The van der Waals surface area contributed by atoms with Gasteiger partial charge >= 0.3 is 0 Å². The molecule has 0 saturated heterocycles. The van der Waals surface area contributed by atoms with Gasteiger partial charge < -0.3 is 4.74 Å². The first-order valence-corrected chi connectivity index (χ1v) is 6.23. The summed E-state index contributed by atoms with van der Waals surface area (Å²) < 4.78 is 5.33. The third-order valence-corrected chi connectivity index (χ3v) is 3.16. The van der Waals surface area contributed by atoms with Gasteiger partial charge in [-0.3, -0.25) is 0 Å². The van der Waals surface area contributed by atoms with Gasteiger partial charge in [-0.2, -0.15) is 0 Å². The van der Waals surface area contributed by atoms with Gasteiger partial charge in [0.1, 0.15) is 0 Å². The van der Waals surface area contributed by atoms with Crippen LogP contribution in [0.4, 0.5) is 0 Å². The number of halogens is 1. The number of hydrogen-bond acceptors (Lipinski definition) is 1. The molecule has 0 aromatic rings. The van der Waals surface area contributed by atoms with Gasteiger partial charge in [0.05, 0.1) is 0 Å². The standard InChI is InChI=1S/C11H23BrO/c1-5-13-8-6-7-11(9(2)3)10(4)12/h9-11H,5-8H2,1-4H3. The summed E-state index contributed by atoms with van der Waals surface area (Å²) >= 11 is 3.67. The van der Waals surface area contributed by atoms with Crippen molar-refractivity contribution in [2.45, 2.75) is 45.4 Å². The summed E-state index contributed by atoms with van der Waals surface area (Å²) in [7, 11) is 0. The highest BCUT2D eigenvalue weighted by Crippen LogP contribution is 2.25. The molecule has 2 heteroatoms. The number of ether oxygens (including phenoxy) is 1. The van der Waals surface area contributed by atoms with E-state index in [1.165, 1.54) is 12.8 Å². The van der Waals surface area contributed by atoms with E-state index >= 15 is 0 Å². The molecule has 0 amide bonds. The summed E-state index contributed by atoms with van der Waals surface area (Å²) in [5.41, 5.74) is 0. The van der Waals surface area contributed by atoms with Crippen LogP contribution in [0.1, 0.15) is 40.5 Å². The molecular formula is C11H23BrO. The molecule has 2 atom stereocenters. The van der Waals surface area contributed by atoms with Crippen molar-refractivity contribution in [3.63, 3.8) is 0 Å². The normalized spacial score (nSPS) is 16.2. The van der Waals surface area contributed by atoms with Gasteiger partial charge in [-0.25, -0.2) is 0 Å². The Morgan fingerprint density at radius 3 is 2.23 bits per heavy atom. The van der Waals surface area contributed by atoms with E-state index in [1.54, 1.807) is 0 Å². The van der Waals surface area contributed by atoms with Gasteiger partial charge in [0.2, 0.25) is 0 Å². The molecular weight excluding hydrogens is 228 g/mol. The number of alkyl halides is 1. The highest BCUT2D eigenvalue weighted by Gasteiger charge is 2.17. The molecule has 0 aromatic heterocycles. The van der Waals surface area contributed by atoms with Crippen molar-refractivity contribution in [2.75, 3.05) is 13.2 Å². The molecule has 0 spiro atoms. The Kier molecular flexibility index (Phi) is 8.07. The van der Waals surface area contributed by atoms with E-state index in [0.717, 1.165) is 25.0 Å². The summed E-state index contributed by atoms with van der Waals surface area (Å²) in [6.45, 7) is 10.6. The summed E-state index contributed by atoms with van der Waals surface area (Å²) in [4.78, 5) is 0.620. The molecule has 0 aromatic carbocycles. The molecule has 0 aliphatic carbocycles. The number of rotatable bonds is 7. The van der Waals surface area contributed by atoms with Crippen LogP contribution in [0.5, 0.6) is 0 Å². The Bertz CT molecular complexity index is 105. The average Bonchev–Trinajstić information content (AvgIpc) is 2.02. The van der Waals surface area contributed by atoms with Crippen molar-refractivity contribution in [3.05, 3.63) is 0 Å². The zero-order chi connectivity index (χ0) is 10.3. The van der Waals surface area contributed by atoms with Crippen LogP contribution in [0, 0.1) is 11.8 Å². The summed E-state index contributed by atoms with van der Waals surface area (Å²) in [6.07, 6.45) is 2.46. The summed E-state index contributed by atoms with van der Waals surface area (Å²) in [5, 5.41) is 0. The zero-order valence-corrected chi connectivity index (χ0v) is 10.9. The molecule has 0 heterocycles. The molecule has 0 radical (unpaired) electrons. The van der Waals surface area contributed by atoms with Crippen LogP contribution in [0.15, 0.2) is 0 Å². The minimum atomic E-state index is 0.620. The van der Waals surface area contributed by atoms with Crippen molar-refractivity contribution in [1.82, 2.24) is 0 Å². The lowest BCUT2D eigenvalue weighted by Gasteiger charge is -2.23. The van der Waals surface area contributed by atoms with E-state index in [1.807, 2.05) is 6.92 Å². The molecule has 0 aliphatic heterocycles. The van der Waals surface area contributed by atoms with E-state index in [0.29, 0.717) is 4.83 Å². The second kappa shape index (κ2) is 7.81. The predicted molar refractivity (Wildman–Crippen MR) is 62.4 cm³/mol. The molecule has 13 heavy (non-hydrogen) atoms. The first-order valence-electron chi connectivity index (χ1n) is 5.31. The first kappa shape index (κ1) is 13.4. The zero-order valence-electron chi connectivity index (χ0n) is 9.35. The minimum absolute atomic E-state index is 0.620. The van der Waals surface area contributed by atoms with Crippen LogP contribution in [0.3, 0.4) is 0 Å². The van der Waals surface area contributed by atoms with Gasteiger partial charge in [-0.05, 0) is 31.6 Å². The highest BCUT2D eigenvalue weighted by molar-refractivity contribution is 9.09. The average molecular weight is 251 g/mol. The molecule has 0 bridgehead atoms. The van der Waals surface area contributed by atoms with Crippen molar-refractivity contribution in [3.8, 4) is 0 Å². The smallest absolute Gasteiger partial charge is 0.0466 e. The second-order valence-electron chi connectivity index (χ2n) is 3.92. The third-order valence-electron chi connectivity index (χ3n) is 2.48. The van der Waals surface area contributed by atoms with E-state index in [4.69, 9.17) is 4.74 Å². The SMILES string of the molecule is CCOCCCC(C(C)C)C(C)Br. The molecule has 0 fully saturated rings. The summed E-state index contributed by atoms with van der Waals surface area (Å²) in [6, 6.07) is 0. The topological polar surface area (TPSA) is 9.23 Å². The van der Waals surface area contributed by atoms with Gasteiger partial charge in [0.25, 0.3) is 0 Å². The van der Waals surface area contributed by atoms with E-state index in [2.05, 4.69) is 36.7 Å². The van der Waals surface area contributed by atoms with E-state index in [-0.39, 0.29) is 0 Å². The maximum atomic E-state index is 5.33. The van der Waals surface area contributed by atoms with E-state index < -0.39 is 0 Å². The molecule has 0 aliphatic rings. The quantitative estimate of drug-likeness (QED) is 0.493. The highest BCUT2D eigenvalue weighted by atomic mass is 79.9. The third kappa shape index (κ3) is 6.50. The van der Waals surface area contributed by atoms with Crippen LogP contribution in [-0.2, 0) is 4.74 Å². The lowest BCUT2D eigenvalue weighted by Crippen LogP contribution is -2.18. The molecule has 1 nitrogen and oxygen atoms in total. The molecule has 80 valence electrons. The first-order chi connectivity index (χ1) is 6.09. The van der Waals surface area contributed by atoms with Crippen molar-refractivity contribution in [2.24, 2.45) is 11.8 Å². The van der Waals surface area contributed by atoms with E-state index in [9.17, 15) is 0 Å². The fourth-order valence-corrected chi connectivity index (χ4v) is 2.53. The fourth-order valence-electron chi connectivity index (χ4n) is 1.66. The van der Waals surface area contributed by atoms with Gasteiger partial charge in [-0.1, -0.05) is 36.7 Å². The summed E-state index contributed by atoms with van der Waals surface area (Å²) in [5.74, 6) is 1.54. The Morgan fingerprint density at radius 2 is 1.85 bits per heavy atom. The van der Waals surface area contributed by atoms with Crippen LogP contribution in [0.2, 0.25) is 0 Å². The Balaban J connectivity index is 3.58. The van der Waals surface area contributed by atoms with Gasteiger partial charge in [-0.15, -0.1) is 0 Å². The molecule has 2 unspecified atom stereocenters. The Labute approximate surface area is 91.4 Å². The van der Waals surface area contributed by atoms with Crippen LogP contribution < -0.4 is 0 Å². The Hall–Kier alpha value is 0.440. The molecule has 0 N–H and O–H groups in total. The van der Waals surface area contributed by atoms with Crippen LogP contribution in [-0.4, -0.2) is 18.0 Å². The lowest BCUT2D eigenvalue weighted by atomic mass is 9.89. The van der Waals surface area contributed by atoms with Crippen molar-refractivity contribution in [1.29, 1.82) is 0 Å². The largest absolute Gasteiger partial charge is 0.382 e. The fraction of sp³-hybridized carbons (Fsp3) is 1.00. The number of hydrogen-bond donors (Lipinski definition) is 0. The van der Waals surface area contributed by atoms with Crippen LogP contribution >= 0.6 is 15.9 Å². The minimum Gasteiger partial charge on any atom is -0.382 e. The van der Waals surface area contributed by atoms with Crippen molar-refractivity contribution >= 4 is 15.9 Å². The van der Waals surface area contributed by atoms with Gasteiger partial charge in [0, 0.05) is 18.0 Å². The predicted octanol–water partition coefficient (Wildman–Crippen LogP) is 3.86. The van der Waals surface area contributed by atoms with Crippen molar-refractivity contribution < 1.29 is 4.74 Å². The maximum Gasteiger partial charge on any atom is 0.0466 e. The second-order valence-corrected chi connectivity index (χ2v) is 5.37.